The Morgan fingerprint density at radius 1 is 1.12 bits per heavy atom. The Morgan fingerprint density at radius 2 is 1.81 bits per heavy atom. The molecule has 0 amide bonds. The lowest BCUT2D eigenvalue weighted by atomic mass is 10.3. The summed E-state index contributed by atoms with van der Waals surface area (Å²) in [6.45, 7) is 1.83. The molecule has 82 valence electrons. The Hall–Kier alpha value is -2.10. The van der Waals surface area contributed by atoms with E-state index in [1.165, 1.54) is 0 Å². The molecule has 2 rings (SSSR count). The molecule has 0 unspecified atom stereocenters. The van der Waals surface area contributed by atoms with Gasteiger partial charge in [-0.3, -0.25) is 0 Å². The number of rotatable bonds is 2. The third-order valence-electron chi connectivity index (χ3n) is 2.33. The summed E-state index contributed by atoms with van der Waals surface area (Å²) in [7, 11) is 1.95. The number of hydrogen-bond acceptors (Lipinski definition) is 4. The van der Waals surface area contributed by atoms with Crippen LogP contribution in [0, 0.1) is 6.92 Å². The molecule has 2 N–H and O–H groups in total. The van der Waals surface area contributed by atoms with Gasteiger partial charge in [0.15, 0.2) is 0 Å². The minimum absolute atomic E-state index is 0.491. The van der Waals surface area contributed by atoms with E-state index >= 15 is 0 Å². The molecule has 0 atom stereocenters. The minimum Gasteiger partial charge on any atom is -0.384 e. The molecular weight excluding hydrogens is 200 g/mol. The van der Waals surface area contributed by atoms with Gasteiger partial charge in [-0.05, 0) is 19.1 Å². The molecule has 0 fully saturated rings. The SMILES string of the molecule is Cc1nc(N)cc(N(C)c2ccccc2)n1. The van der Waals surface area contributed by atoms with Crippen LogP contribution in [0.1, 0.15) is 5.82 Å². The van der Waals surface area contributed by atoms with Crippen LogP contribution in [0.3, 0.4) is 0 Å². The Labute approximate surface area is 94.8 Å². The summed E-state index contributed by atoms with van der Waals surface area (Å²) in [5, 5.41) is 0. The predicted octanol–water partition coefficient (Wildman–Crippen LogP) is 2.14. The summed E-state index contributed by atoms with van der Waals surface area (Å²) in [4.78, 5) is 10.4. The second kappa shape index (κ2) is 4.18. The maximum Gasteiger partial charge on any atom is 0.138 e. The van der Waals surface area contributed by atoms with Gasteiger partial charge in [0.25, 0.3) is 0 Å². The molecule has 0 saturated carbocycles. The van der Waals surface area contributed by atoms with Crippen LogP contribution < -0.4 is 10.6 Å². The lowest BCUT2D eigenvalue weighted by molar-refractivity contribution is 1.02. The summed E-state index contributed by atoms with van der Waals surface area (Å²) in [6, 6.07) is 11.8. The third-order valence-corrected chi connectivity index (χ3v) is 2.33. The van der Waals surface area contributed by atoms with Crippen LogP contribution in [-0.2, 0) is 0 Å². The first-order valence-electron chi connectivity index (χ1n) is 5.07. The summed E-state index contributed by atoms with van der Waals surface area (Å²) in [5.74, 6) is 1.97. The molecule has 16 heavy (non-hydrogen) atoms. The minimum atomic E-state index is 0.491. The van der Waals surface area contributed by atoms with Gasteiger partial charge in [0, 0.05) is 18.8 Å². The van der Waals surface area contributed by atoms with Crippen molar-refractivity contribution < 1.29 is 0 Å². The summed E-state index contributed by atoms with van der Waals surface area (Å²) < 4.78 is 0. The number of anilines is 3. The standard InChI is InChI=1S/C12H14N4/c1-9-14-11(13)8-12(15-9)16(2)10-6-4-3-5-7-10/h3-8H,1-2H3,(H2,13,14,15). The van der Waals surface area contributed by atoms with Crippen LogP contribution in [0.4, 0.5) is 17.3 Å². The number of para-hydroxylation sites is 1. The normalized spacial score (nSPS) is 10.1. The van der Waals surface area contributed by atoms with Gasteiger partial charge < -0.3 is 10.6 Å². The second-order valence-electron chi connectivity index (χ2n) is 3.59. The summed E-state index contributed by atoms with van der Waals surface area (Å²) in [6.07, 6.45) is 0. The molecule has 1 heterocycles. The van der Waals surface area contributed by atoms with E-state index in [0.717, 1.165) is 11.5 Å². The highest BCUT2D eigenvalue weighted by molar-refractivity contribution is 5.60. The van der Waals surface area contributed by atoms with Crippen molar-refractivity contribution in [1.82, 2.24) is 9.97 Å². The highest BCUT2D eigenvalue weighted by atomic mass is 15.2. The van der Waals surface area contributed by atoms with Crippen molar-refractivity contribution >= 4 is 17.3 Å². The average Bonchev–Trinajstić information content (AvgIpc) is 2.28. The molecule has 0 bridgehead atoms. The van der Waals surface area contributed by atoms with Crippen LogP contribution in [0.15, 0.2) is 36.4 Å². The molecule has 2 aromatic rings. The van der Waals surface area contributed by atoms with Crippen molar-refractivity contribution in [2.45, 2.75) is 6.92 Å². The van der Waals surface area contributed by atoms with Crippen molar-refractivity contribution in [2.75, 3.05) is 17.7 Å². The van der Waals surface area contributed by atoms with Gasteiger partial charge in [-0.15, -0.1) is 0 Å². The molecular formula is C12H14N4. The number of nitrogens with zero attached hydrogens (tertiary/aromatic N) is 3. The van der Waals surface area contributed by atoms with Crippen LogP contribution >= 0.6 is 0 Å². The maximum absolute atomic E-state index is 5.70. The molecule has 0 saturated heterocycles. The first kappa shape index (κ1) is 10.4. The molecule has 0 aliphatic carbocycles. The van der Waals surface area contributed by atoms with Gasteiger partial charge >= 0.3 is 0 Å². The highest BCUT2D eigenvalue weighted by Gasteiger charge is 2.06. The van der Waals surface area contributed by atoms with E-state index in [4.69, 9.17) is 5.73 Å². The summed E-state index contributed by atoms with van der Waals surface area (Å²) >= 11 is 0. The van der Waals surface area contributed by atoms with E-state index in [1.54, 1.807) is 6.07 Å². The van der Waals surface area contributed by atoms with E-state index in [2.05, 4.69) is 9.97 Å². The van der Waals surface area contributed by atoms with Crippen molar-refractivity contribution in [3.05, 3.63) is 42.2 Å². The van der Waals surface area contributed by atoms with Gasteiger partial charge in [-0.1, -0.05) is 18.2 Å². The van der Waals surface area contributed by atoms with Gasteiger partial charge in [-0.25, -0.2) is 9.97 Å². The molecule has 0 aliphatic heterocycles. The first-order valence-corrected chi connectivity index (χ1v) is 5.07. The van der Waals surface area contributed by atoms with E-state index in [-0.39, 0.29) is 0 Å². The Bertz CT molecular complexity index is 461. The van der Waals surface area contributed by atoms with E-state index in [9.17, 15) is 0 Å². The number of hydrogen-bond donors (Lipinski definition) is 1. The molecule has 4 nitrogen and oxygen atoms in total. The predicted molar refractivity (Wildman–Crippen MR) is 65.7 cm³/mol. The number of aryl methyl sites for hydroxylation is 1. The monoisotopic (exact) mass is 214 g/mol. The largest absolute Gasteiger partial charge is 0.384 e. The van der Waals surface area contributed by atoms with Crippen LogP contribution in [0.2, 0.25) is 0 Å². The molecule has 4 heteroatoms. The van der Waals surface area contributed by atoms with Crippen molar-refractivity contribution in [1.29, 1.82) is 0 Å². The topological polar surface area (TPSA) is 55.0 Å². The molecule has 1 aromatic carbocycles. The lowest BCUT2D eigenvalue weighted by Crippen LogP contribution is -2.12. The zero-order valence-corrected chi connectivity index (χ0v) is 9.38. The first-order chi connectivity index (χ1) is 7.66. The lowest BCUT2D eigenvalue weighted by Gasteiger charge is -2.18. The smallest absolute Gasteiger partial charge is 0.138 e. The van der Waals surface area contributed by atoms with E-state index in [1.807, 2.05) is 49.2 Å². The number of nitrogen functional groups attached to an aromatic ring is 1. The molecule has 0 aliphatic rings. The van der Waals surface area contributed by atoms with E-state index < -0.39 is 0 Å². The van der Waals surface area contributed by atoms with Gasteiger partial charge in [0.1, 0.15) is 17.5 Å². The zero-order chi connectivity index (χ0) is 11.5. The van der Waals surface area contributed by atoms with Gasteiger partial charge in [0.05, 0.1) is 0 Å². The Kier molecular flexibility index (Phi) is 2.72. The Morgan fingerprint density at radius 3 is 2.44 bits per heavy atom. The maximum atomic E-state index is 5.70. The molecule has 0 spiro atoms. The fourth-order valence-electron chi connectivity index (χ4n) is 1.53. The molecule has 1 aromatic heterocycles. The summed E-state index contributed by atoms with van der Waals surface area (Å²) in [5.41, 5.74) is 6.77. The van der Waals surface area contributed by atoms with Crippen LogP contribution in [0.5, 0.6) is 0 Å². The van der Waals surface area contributed by atoms with Crippen LogP contribution in [-0.4, -0.2) is 17.0 Å². The fraction of sp³-hybridized carbons (Fsp3) is 0.167. The van der Waals surface area contributed by atoms with Crippen molar-refractivity contribution in [3.63, 3.8) is 0 Å². The van der Waals surface area contributed by atoms with Crippen molar-refractivity contribution in [3.8, 4) is 0 Å². The van der Waals surface area contributed by atoms with Crippen LogP contribution in [0.25, 0.3) is 0 Å². The van der Waals surface area contributed by atoms with Gasteiger partial charge in [0.2, 0.25) is 0 Å². The Balaban J connectivity index is 2.37. The zero-order valence-electron chi connectivity index (χ0n) is 9.38. The van der Waals surface area contributed by atoms with Gasteiger partial charge in [-0.2, -0.15) is 0 Å². The van der Waals surface area contributed by atoms with Crippen molar-refractivity contribution in [2.24, 2.45) is 0 Å². The number of benzene rings is 1. The quantitative estimate of drug-likeness (QED) is 0.832. The third kappa shape index (κ3) is 2.11. The van der Waals surface area contributed by atoms with E-state index in [0.29, 0.717) is 11.6 Å². The highest BCUT2D eigenvalue weighted by Crippen LogP contribution is 2.21. The average molecular weight is 214 g/mol. The molecule has 0 radical (unpaired) electrons. The number of nitrogens with two attached hydrogens (primary N) is 1. The fourth-order valence-corrected chi connectivity index (χ4v) is 1.53. The number of aromatic nitrogens is 2. The second-order valence-corrected chi connectivity index (χ2v) is 3.59.